The second kappa shape index (κ2) is 11.0. The summed E-state index contributed by atoms with van der Waals surface area (Å²) < 4.78 is 13.2. The molecule has 152 valence electrons. The molecule has 1 N–H and O–H groups in total. The highest BCUT2D eigenvalue weighted by Gasteiger charge is 2.04. The van der Waals surface area contributed by atoms with E-state index in [4.69, 9.17) is 9.47 Å². The highest BCUT2D eigenvalue weighted by atomic mass is 16.5. The standard InChI is InChI=1S/C23H27N3O3/c1-26-15-14-24-22(26)18-29-21-11-9-20(10-12-21)25-23(27)8-5-16-28-17-13-19-6-3-2-4-7-19/h2-4,6-7,9-12,14-15H,5,8,13,16-18H2,1H3,(H,25,27). The van der Waals surface area contributed by atoms with Gasteiger partial charge in [0.1, 0.15) is 18.2 Å². The van der Waals surface area contributed by atoms with E-state index in [0.717, 1.165) is 23.7 Å². The first kappa shape index (κ1) is 20.6. The third kappa shape index (κ3) is 7.08. The van der Waals surface area contributed by atoms with Gasteiger partial charge in [-0.05, 0) is 42.7 Å². The topological polar surface area (TPSA) is 65.4 Å². The van der Waals surface area contributed by atoms with E-state index < -0.39 is 0 Å². The highest BCUT2D eigenvalue weighted by Crippen LogP contribution is 2.17. The van der Waals surface area contributed by atoms with Crippen LogP contribution in [-0.4, -0.2) is 28.7 Å². The summed E-state index contributed by atoms with van der Waals surface area (Å²) in [5.41, 5.74) is 2.02. The molecule has 0 unspecified atom stereocenters. The van der Waals surface area contributed by atoms with Crippen LogP contribution in [0.5, 0.6) is 5.75 Å². The van der Waals surface area contributed by atoms with Crippen LogP contribution >= 0.6 is 0 Å². The number of hydrogen-bond donors (Lipinski definition) is 1. The monoisotopic (exact) mass is 393 g/mol. The molecule has 3 rings (SSSR count). The van der Waals surface area contributed by atoms with Gasteiger partial charge in [0, 0.05) is 38.2 Å². The Kier molecular flexibility index (Phi) is 7.83. The first-order valence-electron chi connectivity index (χ1n) is 9.81. The van der Waals surface area contributed by atoms with Crippen LogP contribution in [0.2, 0.25) is 0 Å². The number of nitrogens with one attached hydrogen (secondary N) is 1. The summed E-state index contributed by atoms with van der Waals surface area (Å²) in [4.78, 5) is 16.3. The lowest BCUT2D eigenvalue weighted by Gasteiger charge is -2.09. The molecule has 6 nitrogen and oxygen atoms in total. The fourth-order valence-corrected chi connectivity index (χ4v) is 2.81. The normalized spacial score (nSPS) is 10.7. The third-order valence-corrected chi connectivity index (χ3v) is 4.50. The number of aromatic nitrogens is 2. The molecule has 1 heterocycles. The molecule has 0 aliphatic heterocycles. The predicted octanol–water partition coefficient (Wildman–Crippen LogP) is 3.98. The molecule has 0 aliphatic rings. The number of hydrogen-bond acceptors (Lipinski definition) is 4. The Morgan fingerprint density at radius 1 is 1.07 bits per heavy atom. The second-order valence-corrected chi connectivity index (χ2v) is 6.77. The number of nitrogens with zero attached hydrogens (tertiary/aromatic N) is 2. The zero-order valence-corrected chi connectivity index (χ0v) is 16.7. The molecule has 0 saturated carbocycles. The Hall–Kier alpha value is -3.12. The van der Waals surface area contributed by atoms with Crippen molar-refractivity contribution < 1.29 is 14.3 Å². The largest absolute Gasteiger partial charge is 0.486 e. The number of anilines is 1. The van der Waals surface area contributed by atoms with E-state index in [2.05, 4.69) is 22.4 Å². The van der Waals surface area contributed by atoms with Crippen LogP contribution in [-0.2, 0) is 29.6 Å². The van der Waals surface area contributed by atoms with Crippen LogP contribution in [0.4, 0.5) is 5.69 Å². The average molecular weight is 393 g/mol. The van der Waals surface area contributed by atoms with Crippen LogP contribution in [0.1, 0.15) is 24.2 Å². The van der Waals surface area contributed by atoms with Gasteiger partial charge in [0.2, 0.25) is 5.91 Å². The molecule has 0 aliphatic carbocycles. The fourth-order valence-electron chi connectivity index (χ4n) is 2.81. The van der Waals surface area contributed by atoms with E-state index in [0.29, 0.717) is 32.7 Å². The van der Waals surface area contributed by atoms with E-state index >= 15 is 0 Å². The van der Waals surface area contributed by atoms with Crippen LogP contribution in [0.15, 0.2) is 67.0 Å². The molecule has 29 heavy (non-hydrogen) atoms. The van der Waals surface area contributed by atoms with Crippen molar-refractivity contribution in [2.75, 3.05) is 18.5 Å². The molecule has 0 atom stereocenters. The quantitative estimate of drug-likeness (QED) is 0.501. The Bertz CT molecular complexity index is 876. The van der Waals surface area contributed by atoms with Gasteiger partial charge in [0.05, 0.1) is 6.61 Å². The zero-order chi connectivity index (χ0) is 20.3. The summed E-state index contributed by atoms with van der Waals surface area (Å²) in [6, 6.07) is 17.6. The fraction of sp³-hybridized carbons (Fsp3) is 0.304. The summed E-state index contributed by atoms with van der Waals surface area (Å²) in [6.07, 6.45) is 5.65. The maximum Gasteiger partial charge on any atom is 0.224 e. The maximum atomic E-state index is 12.1. The van der Waals surface area contributed by atoms with Crippen molar-refractivity contribution in [1.82, 2.24) is 9.55 Å². The molecule has 6 heteroatoms. The van der Waals surface area contributed by atoms with Crippen molar-refractivity contribution in [3.8, 4) is 5.75 Å². The summed E-state index contributed by atoms with van der Waals surface area (Å²) in [7, 11) is 1.93. The molecule has 0 saturated heterocycles. The molecule has 2 aromatic carbocycles. The van der Waals surface area contributed by atoms with E-state index in [1.165, 1.54) is 5.56 Å². The minimum atomic E-state index is -0.0154. The average Bonchev–Trinajstić information content (AvgIpc) is 3.15. The van der Waals surface area contributed by atoms with E-state index in [1.54, 1.807) is 6.20 Å². The van der Waals surface area contributed by atoms with Gasteiger partial charge in [-0.3, -0.25) is 4.79 Å². The van der Waals surface area contributed by atoms with Gasteiger partial charge in [-0.25, -0.2) is 4.98 Å². The SMILES string of the molecule is Cn1ccnc1COc1ccc(NC(=O)CCCOCCc2ccccc2)cc1. The van der Waals surface area contributed by atoms with Gasteiger partial charge < -0.3 is 19.4 Å². The predicted molar refractivity (Wildman–Crippen MR) is 113 cm³/mol. The highest BCUT2D eigenvalue weighted by molar-refractivity contribution is 5.90. The molecule has 1 amide bonds. The molecule has 0 fully saturated rings. The summed E-state index contributed by atoms with van der Waals surface area (Å²) >= 11 is 0. The molecular weight excluding hydrogens is 366 g/mol. The van der Waals surface area contributed by atoms with Gasteiger partial charge in [0.25, 0.3) is 0 Å². The van der Waals surface area contributed by atoms with Gasteiger partial charge in [0.15, 0.2) is 0 Å². The van der Waals surface area contributed by atoms with E-state index in [1.807, 2.05) is 60.3 Å². The van der Waals surface area contributed by atoms with Gasteiger partial charge in [-0.2, -0.15) is 0 Å². The Balaban J connectivity index is 1.29. The number of benzene rings is 2. The van der Waals surface area contributed by atoms with Crippen molar-refractivity contribution in [3.05, 3.63) is 78.4 Å². The summed E-state index contributed by atoms with van der Waals surface area (Å²) in [5, 5.41) is 2.90. The van der Waals surface area contributed by atoms with Crippen LogP contribution < -0.4 is 10.1 Å². The van der Waals surface area contributed by atoms with Crippen molar-refractivity contribution in [2.24, 2.45) is 7.05 Å². The number of carbonyl (C=O) groups excluding carboxylic acids is 1. The van der Waals surface area contributed by atoms with Crippen molar-refractivity contribution >= 4 is 11.6 Å². The molecule has 1 aromatic heterocycles. The Morgan fingerprint density at radius 2 is 1.86 bits per heavy atom. The van der Waals surface area contributed by atoms with Gasteiger partial charge in [-0.15, -0.1) is 0 Å². The number of ether oxygens (including phenoxy) is 2. The number of imidazole rings is 1. The van der Waals surface area contributed by atoms with Crippen LogP contribution in [0, 0.1) is 0 Å². The number of amides is 1. The lowest BCUT2D eigenvalue weighted by Crippen LogP contribution is -2.12. The number of aryl methyl sites for hydroxylation is 1. The molecule has 0 bridgehead atoms. The zero-order valence-electron chi connectivity index (χ0n) is 16.7. The number of rotatable bonds is 11. The lowest BCUT2D eigenvalue weighted by molar-refractivity contribution is -0.116. The van der Waals surface area contributed by atoms with E-state index in [-0.39, 0.29) is 5.91 Å². The number of carbonyl (C=O) groups is 1. The molecule has 3 aromatic rings. The molecule has 0 spiro atoms. The first-order chi connectivity index (χ1) is 14.2. The van der Waals surface area contributed by atoms with Crippen molar-refractivity contribution in [3.63, 3.8) is 0 Å². The molecular formula is C23H27N3O3. The van der Waals surface area contributed by atoms with Crippen molar-refractivity contribution in [1.29, 1.82) is 0 Å². The smallest absolute Gasteiger partial charge is 0.224 e. The minimum Gasteiger partial charge on any atom is -0.486 e. The Morgan fingerprint density at radius 3 is 2.59 bits per heavy atom. The van der Waals surface area contributed by atoms with Crippen LogP contribution in [0.3, 0.4) is 0 Å². The molecule has 0 radical (unpaired) electrons. The minimum absolute atomic E-state index is 0.0154. The first-order valence-corrected chi connectivity index (χ1v) is 9.81. The van der Waals surface area contributed by atoms with Crippen LogP contribution in [0.25, 0.3) is 0 Å². The summed E-state index contributed by atoms with van der Waals surface area (Å²) in [5.74, 6) is 1.57. The van der Waals surface area contributed by atoms with Crippen molar-refractivity contribution in [2.45, 2.75) is 25.9 Å². The summed E-state index contributed by atoms with van der Waals surface area (Å²) in [6.45, 7) is 1.66. The van der Waals surface area contributed by atoms with E-state index in [9.17, 15) is 4.79 Å². The second-order valence-electron chi connectivity index (χ2n) is 6.77. The Labute approximate surface area is 171 Å². The maximum absolute atomic E-state index is 12.1. The lowest BCUT2D eigenvalue weighted by atomic mass is 10.2. The van der Waals surface area contributed by atoms with Gasteiger partial charge in [-0.1, -0.05) is 30.3 Å². The third-order valence-electron chi connectivity index (χ3n) is 4.50. The van der Waals surface area contributed by atoms with Gasteiger partial charge >= 0.3 is 0 Å².